The lowest BCUT2D eigenvalue weighted by molar-refractivity contribution is 0.240. The number of hydrogen-bond donors (Lipinski definition) is 1. The first-order chi connectivity index (χ1) is 8.11. The third-order valence-corrected chi connectivity index (χ3v) is 5.66. The molecule has 1 aromatic heterocycles. The van der Waals surface area contributed by atoms with Gasteiger partial charge in [-0.3, -0.25) is 0 Å². The minimum Gasteiger partial charge on any atom is -0.312 e. The number of aryl methyl sites for hydroxylation is 1. The van der Waals surface area contributed by atoms with Crippen LogP contribution in [-0.2, 0) is 0 Å². The molecule has 0 spiro atoms. The Kier molecular flexibility index (Phi) is 4.51. The maximum atomic E-state index is 6.18. The van der Waals surface area contributed by atoms with E-state index in [1.54, 1.807) is 11.3 Å². The fraction of sp³-hybridized carbons (Fsp3) is 0.714. The Balaban J connectivity index is 2.10. The van der Waals surface area contributed by atoms with Crippen molar-refractivity contribution < 1.29 is 0 Å². The Morgan fingerprint density at radius 2 is 2.00 bits per heavy atom. The Morgan fingerprint density at radius 3 is 2.47 bits per heavy atom. The molecule has 1 saturated carbocycles. The van der Waals surface area contributed by atoms with Crippen LogP contribution in [0.5, 0.6) is 0 Å². The SMILES string of the molecule is CNC(c1cc(C)c(Cl)s1)C1CCC(C)CC1. The molecule has 1 unspecified atom stereocenters. The number of nitrogens with one attached hydrogen (secondary N) is 1. The average Bonchev–Trinajstić information content (AvgIpc) is 2.63. The van der Waals surface area contributed by atoms with Crippen molar-refractivity contribution in [3.05, 3.63) is 20.8 Å². The van der Waals surface area contributed by atoms with Gasteiger partial charge in [-0.15, -0.1) is 11.3 Å². The van der Waals surface area contributed by atoms with Gasteiger partial charge < -0.3 is 5.32 Å². The van der Waals surface area contributed by atoms with Gasteiger partial charge in [-0.25, -0.2) is 0 Å². The number of rotatable bonds is 3. The van der Waals surface area contributed by atoms with Gasteiger partial charge in [0, 0.05) is 10.9 Å². The van der Waals surface area contributed by atoms with Gasteiger partial charge in [-0.05, 0) is 50.3 Å². The fourth-order valence-electron chi connectivity index (χ4n) is 2.87. The van der Waals surface area contributed by atoms with E-state index in [0.717, 1.165) is 16.2 Å². The molecule has 1 fully saturated rings. The third kappa shape index (κ3) is 3.04. The second kappa shape index (κ2) is 5.73. The van der Waals surface area contributed by atoms with Crippen molar-refractivity contribution in [2.24, 2.45) is 11.8 Å². The molecule has 0 aromatic carbocycles. The number of thiophene rings is 1. The van der Waals surface area contributed by atoms with Crippen molar-refractivity contribution in [1.29, 1.82) is 0 Å². The minimum atomic E-state index is 0.499. The summed E-state index contributed by atoms with van der Waals surface area (Å²) >= 11 is 7.93. The Bertz CT molecular complexity index is 347. The van der Waals surface area contributed by atoms with Crippen LogP contribution in [0.15, 0.2) is 6.07 Å². The van der Waals surface area contributed by atoms with E-state index in [1.807, 2.05) is 0 Å². The molecular formula is C14H22ClNS. The van der Waals surface area contributed by atoms with E-state index in [2.05, 4.69) is 32.3 Å². The molecule has 1 aliphatic carbocycles. The molecule has 0 bridgehead atoms. The molecule has 1 aromatic rings. The van der Waals surface area contributed by atoms with E-state index in [-0.39, 0.29) is 0 Å². The van der Waals surface area contributed by atoms with E-state index < -0.39 is 0 Å². The molecule has 0 amide bonds. The van der Waals surface area contributed by atoms with Crippen LogP contribution in [0.3, 0.4) is 0 Å². The summed E-state index contributed by atoms with van der Waals surface area (Å²) in [7, 11) is 2.08. The highest BCUT2D eigenvalue weighted by Crippen LogP contribution is 2.40. The molecule has 1 N–H and O–H groups in total. The first kappa shape index (κ1) is 13.4. The van der Waals surface area contributed by atoms with Crippen molar-refractivity contribution in [3.8, 4) is 0 Å². The molecule has 1 aliphatic rings. The number of hydrogen-bond acceptors (Lipinski definition) is 2. The lowest BCUT2D eigenvalue weighted by atomic mass is 9.79. The molecule has 0 aliphatic heterocycles. The smallest absolute Gasteiger partial charge is 0.0960 e. The fourth-order valence-corrected chi connectivity index (χ4v) is 4.29. The largest absolute Gasteiger partial charge is 0.312 e. The van der Waals surface area contributed by atoms with Crippen LogP contribution < -0.4 is 5.32 Å². The van der Waals surface area contributed by atoms with Crippen LogP contribution in [0, 0.1) is 18.8 Å². The maximum Gasteiger partial charge on any atom is 0.0960 e. The predicted molar refractivity (Wildman–Crippen MR) is 77.0 cm³/mol. The molecule has 0 saturated heterocycles. The third-order valence-electron chi connectivity index (χ3n) is 4.03. The minimum absolute atomic E-state index is 0.499. The zero-order valence-electron chi connectivity index (χ0n) is 10.9. The predicted octanol–water partition coefficient (Wildman–Crippen LogP) is 4.80. The summed E-state index contributed by atoms with van der Waals surface area (Å²) in [6, 6.07) is 2.75. The topological polar surface area (TPSA) is 12.0 Å². The van der Waals surface area contributed by atoms with E-state index in [1.165, 1.54) is 36.1 Å². The summed E-state index contributed by atoms with van der Waals surface area (Å²) in [5.74, 6) is 1.70. The standard InChI is InChI=1S/C14H22ClNS/c1-9-4-6-11(7-5-9)13(16-3)12-8-10(2)14(15)17-12/h8-9,11,13,16H,4-7H2,1-3H3. The summed E-state index contributed by atoms with van der Waals surface area (Å²) in [4.78, 5) is 1.41. The van der Waals surface area contributed by atoms with Gasteiger partial charge in [0.1, 0.15) is 0 Å². The summed E-state index contributed by atoms with van der Waals surface area (Å²) in [6.45, 7) is 4.47. The summed E-state index contributed by atoms with van der Waals surface area (Å²) in [5, 5.41) is 3.50. The summed E-state index contributed by atoms with van der Waals surface area (Å²) in [5.41, 5.74) is 1.22. The molecule has 3 heteroatoms. The van der Waals surface area contributed by atoms with Crippen molar-refractivity contribution >= 4 is 22.9 Å². The molecule has 1 atom stereocenters. The van der Waals surface area contributed by atoms with Crippen molar-refractivity contribution in [2.45, 2.75) is 45.6 Å². The summed E-state index contributed by atoms with van der Waals surface area (Å²) in [6.07, 6.45) is 5.45. The molecule has 2 rings (SSSR count). The average molecular weight is 272 g/mol. The molecular weight excluding hydrogens is 250 g/mol. The maximum absolute atomic E-state index is 6.18. The highest BCUT2D eigenvalue weighted by molar-refractivity contribution is 7.16. The first-order valence-electron chi connectivity index (χ1n) is 6.55. The summed E-state index contributed by atoms with van der Waals surface area (Å²) < 4.78 is 0.949. The lowest BCUT2D eigenvalue weighted by Gasteiger charge is -2.32. The van der Waals surface area contributed by atoms with E-state index in [4.69, 9.17) is 11.6 Å². The van der Waals surface area contributed by atoms with Crippen molar-refractivity contribution in [2.75, 3.05) is 7.05 Å². The van der Waals surface area contributed by atoms with Gasteiger partial charge in [-0.2, -0.15) is 0 Å². The van der Waals surface area contributed by atoms with E-state index in [0.29, 0.717) is 6.04 Å². The van der Waals surface area contributed by atoms with Crippen LogP contribution >= 0.6 is 22.9 Å². The van der Waals surface area contributed by atoms with Gasteiger partial charge >= 0.3 is 0 Å². The van der Waals surface area contributed by atoms with Crippen LogP contribution in [0.25, 0.3) is 0 Å². The van der Waals surface area contributed by atoms with Crippen LogP contribution in [-0.4, -0.2) is 7.05 Å². The Hall–Kier alpha value is -0.0500. The zero-order valence-corrected chi connectivity index (χ0v) is 12.5. The van der Waals surface area contributed by atoms with Crippen LogP contribution in [0.4, 0.5) is 0 Å². The van der Waals surface area contributed by atoms with Crippen molar-refractivity contribution in [1.82, 2.24) is 5.32 Å². The first-order valence-corrected chi connectivity index (χ1v) is 7.74. The zero-order chi connectivity index (χ0) is 12.4. The van der Waals surface area contributed by atoms with Gasteiger partial charge in [0.25, 0.3) is 0 Å². The van der Waals surface area contributed by atoms with E-state index >= 15 is 0 Å². The van der Waals surface area contributed by atoms with Gasteiger partial charge in [0.2, 0.25) is 0 Å². The molecule has 1 heterocycles. The highest BCUT2D eigenvalue weighted by Gasteiger charge is 2.27. The van der Waals surface area contributed by atoms with Crippen LogP contribution in [0.1, 0.15) is 49.1 Å². The Labute approximate surface area is 114 Å². The lowest BCUT2D eigenvalue weighted by Crippen LogP contribution is -2.27. The highest BCUT2D eigenvalue weighted by atomic mass is 35.5. The second-order valence-corrected chi connectivity index (χ2v) is 7.08. The Morgan fingerprint density at radius 1 is 1.35 bits per heavy atom. The monoisotopic (exact) mass is 271 g/mol. The van der Waals surface area contributed by atoms with Gasteiger partial charge in [-0.1, -0.05) is 31.4 Å². The van der Waals surface area contributed by atoms with Crippen LogP contribution in [0.2, 0.25) is 4.34 Å². The quantitative estimate of drug-likeness (QED) is 0.833. The van der Waals surface area contributed by atoms with Crippen molar-refractivity contribution in [3.63, 3.8) is 0 Å². The van der Waals surface area contributed by atoms with Gasteiger partial charge in [0.05, 0.1) is 4.34 Å². The molecule has 96 valence electrons. The molecule has 0 radical (unpaired) electrons. The van der Waals surface area contributed by atoms with Gasteiger partial charge in [0.15, 0.2) is 0 Å². The number of halogens is 1. The van der Waals surface area contributed by atoms with E-state index in [9.17, 15) is 0 Å². The second-order valence-electron chi connectivity index (χ2n) is 5.39. The normalized spacial score (nSPS) is 27.1. The molecule has 1 nitrogen and oxygen atoms in total. The molecule has 17 heavy (non-hydrogen) atoms.